The molecule has 0 radical (unpaired) electrons. The Bertz CT molecular complexity index is 286. The molecule has 0 aliphatic carbocycles. The van der Waals surface area contributed by atoms with Crippen molar-refractivity contribution >= 4 is 0 Å². The van der Waals surface area contributed by atoms with Crippen LogP contribution in [0.5, 0.6) is 5.88 Å². The summed E-state index contributed by atoms with van der Waals surface area (Å²) < 4.78 is 5.03. The summed E-state index contributed by atoms with van der Waals surface area (Å²) in [5.74, 6) is 0.671. The lowest BCUT2D eigenvalue weighted by Crippen LogP contribution is -2.13. The van der Waals surface area contributed by atoms with Gasteiger partial charge in [0.2, 0.25) is 5.88 Å². The second kappa shape index (κ2) is 4.23. The van der Waals surface area contributed by atoms with E-state index in [0.29, 0.717) is 11.9 Å². The van der Waals surface area contributed by atoms with Crippen molar-refractivity contribution in [1.29, 1.82) is 0 Å². The number of hydrogen-bond donors (Lipinski definition) is 1. The highest BCUT2D eigenvalue weighted by atomic mass is 16.5. The van der Waals surface area contributed by atoms with Crippen molar-refractivity contribution in [2.75, 3.05) is 14.2 Å². The molecule has 0 aliphatic heterocycles. The first-order valence-corrected chi connectivity index (χ1v) is 4.36. The van der Waals surface area contributed by atoms with E-state index in [1.54, 1.807) is 7.11 Å². The number of methoxy groups -OCH3 is 1. The van der Waals surface area contributed by atoms with Gasteiger partial charge in [-0.25, -0.2) is 4.98 Å². The van der Waals surface area contributed by atoms with Crippen LogP contribution in [-0.2, 0) is 0 Å². The Labute approximate surface area is 79.1 Å². The molecule has 1 rings (SSSR count). The molecule has 0 unspecified atom stereocenters. The third kappa shape index (κ3) is 2.18. The lowest BCUT2D eigenvalue weighted by atomic mass is 10.1. The Morgan fingerprint density at radius 3 is 2.69 bits per heavy atom. The van der Waals surface area contributed by atoms with E-state index in [1.165, 1.54) is 11.1 Å². The van der Waals surface area contributed by atoms with Gasteiger partial charge < -0.3 is 10.1 Å². The van der Waals surface area contributed by atoms with Gasteiger partial charge in [-0.05, 0) is 32.0 Å². The summed E-state index contributed by atoms with van der Waals surface area (Å²) >= 11 is 0. The summed E-state index contributed by atoms with van der Waals surface area (Å²) in [6, 6.07) is 2.28. The Hall–Kier alpha value is -1.09. The smallest absolute Gasteiger partial charge is 0.213 e. The van der Waals surface area contributed by atoms with Crippen LogP contribution in [0.25, 0.3) is 0 Å². The molecule has 0 aliphatic rings. The standard InChI is InChI=1S/C10H16N2O/c1-7-5-10(13-4)12-6-9(7)8(2)11-3/h5-6,8,11H,1-4H3/t8-/m1/s1. The zero-order chi connectivity index (χ0) is 9.84. The Kier molecular flexibility index (Phi) is 3.25. The molecule has 0 bridgehead atoms. The van der Waals surface area contributed by atoms with Crippen molar-refractivity contribution < 1.29 is 4.74 Å². The molecule has 0 saturated heterocycles. The molecule has 0 spiro atoms. The van der Waals surface area contributed by atoms with Crippen LogP contribution in [0.4, 0.5) is 0 Å². The average molecular weight is 180 g/mol. The van der Waals surface area contributed by atoms with Crippen LogP contribution in [0.3, 0.4) is 0 Å². The van der Waals surface area contributed by atoms with E-state index in [2.05, 4.69) is 24.1 Å². The minimum absolute atomic E-state index is 0.332. The van der Waals surface area contributed by atoms with Crippen LogP contribution in [0.15, 0.2) is 12.3 Å². The number of nitrogens with one attached hydrogen (secondary N) is 1. The first kappa shape index (κ1) is 9.99. The summed E-state index contributed by atoms with van der Waals surface area (Å²) in [6.45, 7) is 4.17. The maximum Gasteiger partial charge on any atom is 0.213 e. The number of nitrogens with zero attached hydrogens (tertiary/aromatic N) is 1. The molecule has 1 atom stereocenters. The fraction of sp³-hybridized carbons (Fsp3) is 0.500. The summed E-state index contributed by atoms with van der Waals surface area (Å²) in [4.78, 5) is 4.16. The van der Waals surface area contributed by atoms with Gasteiger partial charge in [-0.3, -0.25) is 0 Å². The summed E-state index contributed by atoms with van der Waals surface area (Å²) in [5.41, 5.74) is 2.41. The van der Waals surface area contributed by atoms with Crippen molar-refractivity contribution in [1.82, 2.24) is 10.3 Å². The fourth-order valence-corrected chi connectivity index (χ4v) is 1.26. The number of pyridine rings is 1. The highest BCUT2D eigenvalue weighted by Gasteiger charge is 2.07. The number of aryl methyl sites for hydroxylation is 1. The lowest BCUT2D eigenvalue weighted by molar-refractivity contribution is 0.396. The van der Waals surface area contributed by atoms with Gasteiger partial charge in [0.1, 0.15) is 0 Å². The molecule has 3 nitrogen and oxygen atoms in total. The molecular formula is C10H16N2O. The average Bonchev–Trinajstić information content (AvgIpc) is 2.16. The molecule has 72 valence electrons. The lowest BCUT2D eigenvalue weighted by Gasteiger charge is -2.13. The molecule has 0 amide bonds. The third-order valence-corrected chi connectivity index (χ3v) is 2.23. The zero-order valence-corrected chi connectivity index (χ0v) is 8.59. The fourth-order valence-electron chi connectivity index (χ4n) is 1.26. The second-order valence-electron chi connectivity index (χ2n) is 3.09. The third-order valence-electron chi connectivity index (χ3n) is 2.23. The van der Waals surface area contributed by atoms with Crippen molar-refractivity contribution in [3.63, 3.8) is 0 Å². The number of ether oxygens (including phenoxy) is 1. The molecule has 3 heteroatoms. The topological polar surface area (TPSA) is 34.2 Å². The summed E-state index contributed by atoms with van der Waals surface area (Å²) in [7, 11) is 3.57. The number of aromatic nitrogens is 1. The van der Waals surface area contributed by atoms with Crippen LogP contribution in [0.2, 0.25) is 0 Å². The number of hydrogen-bond acceptors (Lipinski definition) is 3. The summed E-state index contributed by atoms with van der Waals surface area (Å²) in [5, 5.41) is 3.18. The molecule has 13 heavy (non-hydrogen) atoms. The van der Waals surface area contributed by atoms with Gasteiger partial charge >= 0.3 is 0 Å². The van der Waals surface area contributed by atoms with Crippen molar-refractivity contribution in [3.8, 4) is 5.88 Å². The van der Waals surface area contributed by atoms with E-state index in [4.69, 9.17) is 4.74 Å². The van der Waals surface area contributed by atoms with Gasteiger partial charge in [-0.2, -0.15) is 0 Å². The van der Waals surface area contributed by atoms with Gasteiger partial charge in [0.05, 0.1) is 7.11 Å². The van der Waals surface area contributed by atoms with E-state index in [9.17, 15) is 0 Å². The van der Waals surface area contributed by atoms with Crippen LogP contribution in [0, 0.1) is 6.92 Å². The minimum Gasteiger partial charge on any atom is -0.481 e. The van der Waals surface area contributed by atoms with E-state index < -0.39 is 0 Å². The normalized spacial score (nSPS) is 12.6. The predicted octanol–water partition coefficient (Wildman–Crippen LogP) is 1.68. The van der Waals surface area contributed by atoms with Gasteiger partial charge in [0.15, 0.2) is 0 Å². The van der Waals surface area contributed by atoms with Crippen LogP contribution >= 0.6 is 0 Å². The van der Waals surface area contributed by atoms with Gasteiger partial charge in [0, 0.05) is 18.3 Å². The van der Waals surface area contributed by atoms with Crippen LogP contribution < -0.4 is 10.1 Å². The number of rotatable bonds is 3. The van der Waals surface area contributed by atoms with Gasteiger partial charge in [-0.15, -0.1) is 0 Å². The summed E-state index contributed by atoms with van der Waals surface area (Å²) in [6.07, 6.45) is 1.86. The molecule has 1 N–H and O–H groups in total. The largest absolute Gasteiger partial charge is 0.481 e. The molecule has 0 fully saturated rings. The minimum atomic E-state index is 0.332. The highest BCUT2D eigenvalue weighted by molar-refractivity contribution is 5.30. The van der Waals surface area contributed by atoms with Crippen molar-refractivity contribution in [2.45, 2.75) is 19.9 Å². The monoisotopic (exact) mass is 180 g/mol. The van der Waals surface area contributed by atoms with Crippen molar-refractivity contribution in [3.05, 3.63) is 23.4 Å². The van der Waals surface area contributed by atoms with Gasteiger partial charge in [-0.1, -0.05) is 0 Å². The van der Waals surface area contributed by atoms with Crippen LogP contribution in [-0.4, -0.2) is 19.1 Å². The Morgan fingerprint density at radius 2 is 2.23 bits per heavy atom. The predicted molar refractivity (Wildman–Crippen MR) is 53.0 cm³/mol. The SMILES string of the molecule is CN[C@H](C)c1cnc(OC)cc1C. The maximum absolute atomic E-state index is 5.03. The highest BCUT2D eigenvalue weighted by Crippen LogP contribution is 2.19. The zero-order valence-electron chi connectivity index (χ0n) is 8.59. The Morgan fingerprint density at radius 1 is 1.54 bits per heavy atom. The molecule has 0 aromatic carbocycles. The first-order valence-electron chi connectivity index (χ1n) is 4.36. The van der Waals surface area contributed by atoms with Crippen molar-refractivity contribution in [2.24, 2.45) is 0 Å². The van der Waals surface area contributed by atoms with E-state index in [1.807, 2.05) is 19.3 Å². The molecule has 1 aromatic heterocycles. The Balaban J connectivity index is 2.98. The molecule has 1 heterocycles. The second-order valence-corrected chi connectivity index (χ2v) is 3.09. The van der Waals surface area contributed by atoms with E-state index in [-0.39, 0.29) is 0 Å². The quantitative estimate of drug-likeness (QED) is 0.768. The first-order chi connectivity index (χ1) is 6.19. The maximum atomic E-state index is 5.03. The van der Waals surface area contributed by atoms with E-state index in [0.717, 1.165) is 0 Å². The van der Waals surface area contributed by atoms with Gasteiger partial charge in [0.25, 0.3) is 0 Å². The molecule has 0 saturated carbocycles. The van der Waals surface area contributed by atoms with Crippen LogP contribution in [0.1, 0.15) is 24.1 Å². The molecular weight excluding hydrogens is 164 g/mol. The molecule has 1 aromatic rings. The van der Waals surface area contributed by atoms with E-state index >= 15 is 0 Å².